The van der Waals surface area contributed by atoms with Gasteiger partial charge in [0.15, 0.2) is 0 Å². The molecule has 1 atom stereocenters. The van der Waals surface area contributed by atoms with E-state index in [1.54, 1.807) is 7.11 Å². The fourth-order valence-corrected chi connectivity index (χ4v) is 5.27. The van der Waals surface area contributed by atoms with E-state index in [1.807, 2.05) is 4.90 Å². The normalized spacial score (nSPS) is 27.9. The Bertz CT molecular complexity index is 654. The van der Waals surface area contributed by atoms with Gasteiger partial charge in [-0.1, -0.05) is 24.3 Å². The molecule has 1 spiro atoms. The summed E-state index contributed by atoms with van der Waals surface area (Å²) in [4.78, 5) is 19.8. The lowest BCUT2D eigenvalue weighted by molar-refractivity contribution is -0.131. The highest BCUT2D eigenvalue weighted by Gasteiger charge is 2.44. The summed E-state index contributed by atoms with van der Waals surface area (Å²) in [6.07, 6.45) is 5.05. The maximum Gasteiger partial charge on any atom is 0.222 e. The third kappa shape index (κ3) is 3.78. The molecule has 5 heteroatoms. The van der Waals surface area contributed by atoms with Crippen LogP contribution in [0.3, 0.4) is 0 Å². The van der Waals surface area contributed by atoms with Gasteiger partial charge < -0.3 is 9.64 Å². The highest BCUT2D eigenvalue weighted by molar-refractivity contribution is 5.76. The first-order valence-corrected chi connectivity index (χ1v) is 10.4. The summed E-state index contributed by atoms with van der Waals surface area (Å²) in [7, 11) is 3.96. The molecule has 1 unspecified atom stereocenters. The molecule has 5 nitrogen and oxygen atoms in total. The molecule has 0 radical (unpaired) electrons. The monoisotopic (exact) mass is 371 g/mol. The van der Waals surface area contributed by atoms with Gasteiger partial charge in [0.05, 0.1) is 6.61 Å². The van der Waals surface area contributed by atoms with E-state index in [1.165, 1.54) is 24.0 Å². The lowest BCUT2D eigenvalue weighted by Crippen LogP contribution is -2.63. The number of amides is 1. The Morgan fingerprint density at radius 3 is 2.56 bits per heavy atom. The summed E-state index contributed by atoms with van der Waals surface area (Å²) in [6.45, 7) is 5.52. The average Bonchev–Trinajstić information content (AvgIpc) is 3.05. The van der Waals surface area contributed by atoms with Crippen LogP contribution < -0.4 is 0 Å². The van der Waals surface area contributed by atoms with Crippen molar-refractivity contribution in [2.24, 2.45) is 0 Å². The fraction of sp³-hybridized carbons (Fsp3) is 0.682. The van der Waals surface area contributed by atoms with E-state index in [0.717, 1.165) is 45.6 Å². The summed E-state index contributed by atoms with van der Waals surface area (Å²) in [5, 5.41) is 0. The molecular formula is C22H33N3O2. The molecule has 2 saturated heterocycles. The highest BCUT2D eigenvalue weighted by Crippen LogP contribution is 2.35. The van der Waals surface area contributed by atoms with Gasteiger partial charge in [0, 0.05) is 57.8 Å². The standard InChI is InChI=1S/C22H33N3O2/c1-23-11-12-25(20-15-18-5-3-4-6-19(18)16-20)17-22(23)8-7-21(26)24(10-9-22)13-14-27-2/h3-6,20H,7-17H2,1-2H3. The molecule has 1 amide bonds. The number of methoxy groups -OCH3 is 1. The third-order valence-electron chi connectivity index (χ3n) is 7.14. The molecule has 0 saturated carbocycles. The second-order valence-electron chi connectivity index (χ2n) is 8.57. The van der Waals surface area contributed by atoms with Crippen LogP contribution in [-0.4, -0.2) is 85.7 Å². The summed E-state index contributed by atoms with van der Waals surface area (Å²) < 4.78 is 5.19. The molecule has 3 aliphatic rings. The number of rotatable bonds is 4. The van der Waals surface area contributed by atoms with E-state index in [-0.39, 0.29) is 5.54 Å². The summed E-state index contributed by atoms with van der Waals surface area (Å²) in [6, 6.07) is 9.53. The van der Waals surface area contributed by atoms with E-state index in [4.69, 9.17) is 4.74 Å². The maximum atomic E-state index is 12.6. The minimum absolute atomic E-state index is 0.129. The van der Waals surface area contributed by atoms with Gasteiger partial charge in [-0.2, -0.15) is 0 Å². The van der Waals surface area contributed by atoms with E-state index >= 15 is 0 Å². The van der Waals surface area contributed by atoms with Crippen molar-refractivity contribution in [3.8, 4) is 0 Å². The summed E-state index contributed by atoms with van der Waals surface area (Å²) in [5.41, 5.74) is 3.18. The van der Waals surface area contributed by atoms with Crippen LogP contribution in [0, 0.1) is 0 Å². The number of likely N-dealkylation sites (N-methyl/N-ethyl adjacent to an activating group) is 1. The van der Waals surface area contributed by atoms with E-state index < -0.39 is 0 Å². The Morgan fingerprint density at radius 1 is 1.11 bits per heavy atom. The van der Waals surface area contributed by atoms with Crippen LogP contribution in [0.5, 0.6) is 0 Å². The molecule has 1 aromatic carbocycles. The van der Waals surface area contributed by atoms with Gasteiger partial charge in [-0.05, 0) is 43.9 Å². The quantitative estimate of drug-likeness (QED) is 0.809. The number of hydrogen-bond acceptors (Lipinski definition) is 4. The lowest BCUT2D eigenvalue weighted by atomic mass is 9.85. The van der Waals surface area contributed by atoms with Crippen molar-refractivity contribution in [1.29, 1.82) is 0 Å². The van der Waals surface area contributed by atoms with Gasteiger partial charge in [0.1, 0.15) is 0 Å². The van der Waals surface area contributed by atoms with Gasteiger partial charge in [0.25, 0.3) is 0 Å². The molecule has 1 aromatic rings. The van der Waals surface area contributed by atoms with Gasteiger partial charge in [-0.15, -0.1) is 0 Å². The molecule has 0 N–H and O–H groups in total. The Morgan fingerprint density at radius 2 is 1.85 bits per heavy atom. The molecule has 2 aliphatic heterocycles. The van der Waals surface area contributed by atoms with Crippen molar-refractivity contribution in [2.75, 3.05) is 53.5 Å². The van der Waals surface area contributed by atoms with Crippen molar-refractivity contribution in [3.63, 3.8) is 0 Å². The van der Waals surface area contributed by atoms with Crippen molar-refractivity contribution < 1.29 is 9.53 Å². The molecule has 27 heavy (non-hydrogen) atoms. The molecule has 0 bridgehead atoms. The number of ether oxygens (including phenoxy) is 1. The third-order valence-corrected chi connectivity index (χ3v) is 7.14. The van der Waals surface area contributed by atoms with Crippen LogP contribution in [0.2, 0.25) is 0 Å². The number of nitrogens with zero attached hydrogens (tertiary/aromatic N) is 3. The van der Waals surface area contributed by atoms with Gasteiger partial charge in [-0.25, -0.2) is 0 Å². The molecule has 2 heterocycles. The number of piperazine rings is 1. The zero-order chi connectivity index (χ0) is 18.9. The van der Waals surface area contributed by atoms with Crippen LogP contribution in [0.15, 0.2) is 24.3 Å². The Kier molecular flexibility index (Phi) is 5.53. The molecular weight excluding hydrogens is 338 g/mol. The van der Waals surface area contributed by atoms with Gasteiger partial charge >= 0.3 is 0 Å². The minimum Gasteiger partial charge on any atom is -0.383 e. The van der Waals surface area contributed by atoms with Crippen molar-refractivity contribution in [2.45, 2.75) is 43.7 Å². The Labute approximate surface area is 163 Å². The van der Waals surface area contributed by atoms with Gasteiger partial charge in [-0.3, -0.25) is 14.6 Å². The number of carbonyl (C=O) groups is 1. The zero-order valence-electron chi connectivity index (χ0n) is 16.8. The first-order valence-electron chi connectivity index (χ1n) is 10.4. The molecule has 2 fully saturated rings. The van der Waals surface area contributed by atoms with Gasteiger partial charge in [0.2, 0.25) is 5.91 Å². The molecule has 0 aromatic heterocycles. The average molecular weight is 372 g/mol. The van der Waals surface area contributed by atoms with Crippen LogP contribution in [0.1, 0.15) is 30.4 Å². The highest BCUT2D eigenvalue weighted by atomic mass is 16.5. The van der Waals surface area contributed by atoms with Crippen LogP contribution in [-0.2, 0) is 22.4 Å². The Balaban J connectivity index is 1.45. The first kappa shape index (κ1) is 18.9. The van der Waals surface area contributed by atoms with Crippen LogP contribution in [0.4, 0.5) is 0 Å². The van der Waals surface area contributed by atoms with Crippen molar-refractivity contribution >= 4 is 5.91 Å². The zero-order valence-corrected chi connectivity index (χ0v) is 16.8. The predicted octanol–water partition coefficient (Wildman–Crippen LogP) is 1.80. The van der Waals surface area contributed by atoms with Crippen molar-refractivity contribution in [3.05, 3.63) is 35.4 Å². The number of benzene rings is 1. The number of carbonyl (C=O) groups excluding carboxylic acids is 1. The topological polar surface area (TPSA) is 36.0 Å². The second-order valence-corrected chi connectivity index (χ2v) is 8.57. The van der Waals surface area contributed by atoms with E-state index in [0.29, 0.717) is 25.0 Å². The molecule has 148 valence electrons. The Hall–Kier alpha value is -1.43. The molecule has 1 aliphatic carbocycles. The smallest absolute Gasteiger partial charge is 0.222 e. The minimum atomic E-state index is 0.129. The predicted molar refractivity (Wildman–Crippen MR) is 107 cm³/mol. The van der Waals surface area contributed by atoms with E-state index in [9.17, 15) is 4.79 Å². The largest absolute Gasteiger partial charge is 0.383 e. The lowest BCUT2D eigenvalue weighted by Gasteiger charge is -2.51. The summed E-state index contributed by atoms with van der Waals surface area (Å²) >= 11 is 0. The number of hydrogen-bond donors (Lipinski definition) is 0. The fourth-order valence-electron chi connectivity index (χ4n) is 5.27. The van der Waals surface area contributed by atoms with Crippen LogP contribution >= 0.6 is 0 Å². The van der Waals surface area contributed by atoms with E-state index in [2.05, 4.69) is 41.1 Å². The first-order chi connectivity index (χ1) is 13.1. The second kappa shape index (κ2) is 7.90. The number of fused-ring (bicyclic) bond motifs is 1. The van der Waals surface area contributed by atoms with Crippen LogP contribution in [0.25, 0.3) is 0 Å². The number of likely N-dealkylation sites (tertiary alicyclic amines) is 1. The summed E-state index contributed by atoms with van der Waals surface area (Å²) in [5.74, 6) is 0.294. The molecule has 4 rings (SSSR count). The maximum absolute atomic E-state index is 12.6. The van der Waals surface area contributed by atoms with Crippen molar-refractivity contribution in [1.82, 2.24) is 14.7 Å². The SMILES string of the molecule is COCCN1CCC2(CCC1=O)CN(C1Cc3ccccc3C1)CCN2C.